The van der Waals surface area contributed by atoms with E-state index in [1.165, 1.54) is 6.20 Å². The Morgan fingerprint density at radius 3 is 2.58 bits per heavy atom. The van der Waals surface area contributed by atoms with E-state index in [-0.39, 0.29) is 43.2 Å². The van der Waals surface area contributed by atoms with Gasteiger partial charge in [-0.05, 0) is 20.8 Å². The number of carbonyl (C=O) groups is 1. The lowest BCUT2D eigenvalue weighted by Crippen LogP contribution is -2.40. The maximum absolute atomic E-state index is 14.0. The van der Waals surface area contributed by atoms with Crippen LogP contribution in [0.2, 0.25) is 0 Å². The highest BCUT2D eigenvalue weighted by atomic mass is 19.3. The molecule has 3 rings (SSSR count). The summed E-state index contributed by atoms with van der Waals surface area (Å²) in [5, 5.41) is 2.44. The highest BCUT2D eigenvalue weighted by Gasteiger charge is 2.35. The summed E-state index contributed by atoms with van der Waals surface area (Å²) in [5.41, 5.74) is -0.516. The molecule has 0 atom stereocenters. The van der Waals surface area contributed by atoms with E-state index in [1.807, 2.05) is 0 Å². The van der Waals surface area contributed by atoms with Crippen molar-refractivity contribution in [3.63, 3.8) is 0 Å². The first-order valence-corrected chi connectivity index (χ1v) is 8.20. The number of imidazole rings is 1. The SMILES string of the molecule is CC(C)(C)OC(=O)Nc1cn2c(F)cnc2c(N2CCC(F)(F)CC2)n1. The predicted molar refractivity (Wildman–Crippen MR) is 89.2 cm³/mol. The number of anilines is 2. The molecular formula is C16H20F3N5O2. The third kappa shape index (κ3) is 4.00. The van der Waals surface area contributed by atoms with Gasteiger partial charge in [0.05, 0.1) is 12.4 Å². The topological polar surface area (TPSA) is 71.8 Å². The fourth-order valence-corrected chi connectivity index (χ4v) is 2.67. The zero-order valence-corrected chi connectivity index (χ0v) is 14.7. The van der Waals surface area contributed by atoms with Gasteiger partial charge in [0.2, 0.25) is 5.95 Å². The van der Waals surface area contributed by atoms with Gasteiger partial charge >= 0.3 is 6.09 Å². The average molecular weight is 371 g/mol. The van der Waals surface area contributed by atoms with Crippen LogP contribution in [-0.2, 0) is 4.74 Å². The number of halogens is 3. The van der Waals surface area contributed by atoms with Crippen LogP contribution in [0.4, 0.5) is 29.6 Å². The van der Waals surface area contributed by atoms with E-state index < -0.39 is 23.6 Å². The second kappa shape index (κ2) is 6.33. The molecule has 0 aliphatic carbocycles. The summed E-state index contributed by atoms with van der Waals surface area (Å²) >= 11 is 0. The van der Waals surface area contributed by atoms with E-state index in [9.17, 15) is 18.0 Å². The van der Waals surface area contributed by atoms with E-state index in [1.54, 1.807) is 25.7 Å². The van der Waals surface area contributed by atoms with Crippen LogP contribution >= 0.6 is 0 Å². The van der Waals surface area contributed by atoms with Crippen molar-refractivity contribution in [3.05, 3.63) is 18.3 Å². The van der Waals surface area contributed by atoms with E-state index in [4.69, 9.17) is 4.74 Å². The minimum Gasteiger partial charge on any atom is -0.444 e. The molecule has 1 aliphatic heterocycles. The number of carbonyl (C=O) groups excluding carboxylic acids is 1. The van der Waals surface area contributed by atoms with E-state index >= 15 is 0 Å². The van der Waals surface area contributed by atoms with Gasteiger partial charge in [0.1, 0.15) is 5.60 Å². The molecule has 0 spiro atoms. The van der Waals surface area contributed by atoms with Crippen LogP contribution in [0.5, 0.6) is 0 Å². The Labute approximate surface area is 148 Å². The first-order valence-electron chi connectivity index (χ1n) is 8.20. The average Bonchev–Trinajstić information content (AvgIpc) is 2.86. The number of ether oxygens (including phenoxy) is 1. The summed E-state index contributed by atoms with van der Waals surface area (Å²) in [5.74, 6) is -3.10. The molecule has 2 aromatic rings. The largest absolute Gasteiger partial charge is 0.444 e. The molecule has 142 valence electrons. The van der Waals surface area contributed by atoms with Crippen LogP contribution in [0.3, 0.4) is 0 Å². The second-order valence-corrected chi connectivity index (χ2v) is 7.19. The Bertz CT molecular complexity index is 821. The van der Waals surface area contributed by atoms with Crippen molar-refractivity contribution >= 4 is 23.4 Å². The molecular weight excluding hydrogens is 351 g/mol. The number of rotatable bonds is 2. The molecule has 0 saturated carbocycles. The van der Waals surface area contributed by atoms with Crippen molar-refractivity contribution < 1.29 is 22.7 Å². The highest BCUT2D eigenvalue weighted by Crippen LogP contribution is 2.32. The summed E-state index contributed by atoms with van der Waals surface area (Å²) in [4.78, 5) is 21.8. The quantitative estimate of drug-likeness (QED) is 0.875. The molecule has 7 nitrogen and oxygen atoms in total. The summed E-state index contributed by atoms with van der Waals surface area (Å²) in [6.07, 6.45) is 0.877. The summed E-state index contributed by atoms with van der Waals surface area (Å²) in [6.45, 7) is 5.23. The lowest BCUT2D eigenvalue weighted by molar-refractivity contribution is -0.0221. The lowest BCUT2D eigenvalue weighted by atomic mass is 10.1. The second-order valence-electron chi connectivity index (χ2n) is 7.19. The van der Waals surface area contributed by atoms with Crippen LogP contribution in [-0.4, -0.2) is 45.1 Å². The van der Waals surface area contributed by atoms with Crippen molar-refractivity contribution in [3.8, 4) is 0 Å². The van der Waals surface area contributed by atoms with Gasteiger partial charge in [-0.1, -0.05) is 0 Å². The van der Waals surface area contributed by atoms with Crippen LogP contribution in [0.15, 0.2) is 12.4 Å². The van der Waals surface area contributed by atoms with Crippen molar-refractivity contribution in [2.24, 2.45) is 0 Å². The maximum Gasteiger partial charge on any atom is 0.413 e. The van der Waals surface area contributed by atoms with Gasteiger partial charge in [-0.25, -0.2) is 23.5 Å². The predicted octanol–water partition coefficient (Wildman–Crippen LogP) is 3.45. The molecule has 1 fully saturated rings. The Kier molecular flexibility index (Phi) is 4.45. The third-order valence-electron chi connectivity index (χ3n) is 3.85. The fraction of sp³-hybridized carbons (Fsp3) is 0.562. The maximum atomic E-state index is 14.0. The number of aromatic nitrogens is 3. The standard InChI is InChI=1S/C16H20F3N5O2/c1-15(2,3)26-14(25)22-11-9-24-10(17)8-20-12(24)13(21-11)23-6-4-16(18,19)5-7-23/h8-9H,4-7H2,1-3H3,(H,22,25). The summed E-state index contributed by atoms with van der Waals surface area (Å²) in [6, 6.07) is 0. The Balaban J connectivity index is 1.91. The number of nitrogens with one attached hydrogen (secondary N) is 1. The molecule has 0 radical (unpaired) electrons. The smallest absolute Gasteiger partial charge is 0.413 e. The minimum absolute atomic E-state index is 0.0379. The van der Waals surface area contributed by atoms with Gasteiger partial charge < -0.3 is 9.64 Å². The molecule has 3 heterocycles. The molecule has 0 unspecified atom stereocenters. The van der Waals surface area contributed by atoms with E-state index in [2.05, 4.69) is 15.3 Å². The molecule has 1 aliphatic rings. The molecule has 2 aromatic heterocycles. The number of nitrogens with zero attached hydrogens (tertiary/aromatic N) is 4. The van der Waals surface area contributed by atoms with Gasteiger partial charge in [0.25, 0.3) is 5.92 Å². The zero-order valence-electron chi connectivity index (χ0n) is 14.7. The lowest BCUT2D eigenvalue weighted by Gasteiger charge is -2.32. The van der Waals surface area contributed by atoms with Gasteiger partial charge in [0, 0.05) is 25.9 Å². The number of hydrogen-bond donors (Lipinski definition) is 1. The Hall–Kier alpha value is -2.52. The molecule has 10 heteroatoms. The number of hydrogen-bond acceptors (Lipinski definition) is 5. The number of fused-ring (bicyclic) bond motifs is 1. The van der Waals surface area contributed by atoms with Crippen LogP contribution in [0.25, 0.3) is 5.65 Å². The summed E-state index contributed by atoms with van der Waals surface area (Å²) < 4.78 is 47.1. The molecule has 0 bridgehead atoms. The number of alkyl halides is 2. The molecule has 1 amide bonds. The summed E-state index contributed by atoms with van der Waals surface area (Å²) in [7, 11) is 0. The van der Waals surface area contributed by atoms with Crippen molar-refractivity contribution in [2.45, 2.75) is 45.1 Å². The van der Waals surface area contributed by atoms with Crippen LogP contribution in [0, 0.1) is 5.95 Å². The molecule has 1 saturated heterocycles. The first kappa shape index (κ1) is 18.3. The Morgan fingerprint density at radius 2 is 1.96 bits per heavy atom. The number of piperidine rings is 1. The fourth-order valence-electron chi connectivity index (χ4n) is 2.67. The molecule has 26 heavy (non-hydrogen) atoms. The molecule has 0 aromatic carbocycles. The monoisotopic (exact) mass is 371 g/mol. The van der Waals surface area contributed by atoms with Crippen molar-refractivity contribution in [1.29, 1.82) is 0 Å². The van der Waals surface area contributed by atoms with Gasteiger partial charge in [-0.15, -0.1) is 0 Å². The normalized spacial score (nSPS) is 17.4. The highest BCUT2D eigenvalue weighted by molar-refractivity contribution is 5.84. The Morgan fingerprint density at radius 1 is 1.31 bits per heavy atom. The number of amides is 1. The van der Waals surface area contributed by atoms with Crippen molar-refractivity contribution in [2.75, 3.05) is 23.3 Å². The van der Waals surface area contributed by atoms with Crippen LogP contribution in [0.1, 0.15) is 33.6 Å². The zero-order chi connectivity index (χ0) is 19.1. The van der Waals surface area contributed by atoms with Gasteiger partial charge in [-0.2, -0.15) is 4.39 Å². The van der Waals surface area contributed by atoms with Gasteiger partial charge in [0.15, 0.2) is 17.3 Å². The first-order chi connectivity index (χ1) is 12.0. The van der Waals surface area contributed by atoms with Gasteiger partial charge in [-0.3, -0.25) is 9.72 Å². The van der Waals surface area contributed by atoms with E-state index in [0.29, 0.717) is 0 Å². The van der Waals surface area contributed by atoms with Crippen LogP contribution < -0.4 is 10.2 Å². The minimum atomic E-state index is -2.72. The van der Waals surface area contributed by atoms with Crippen molar-refractivity contribution in [1.82, 2.24) is 14.4 Å². The third-order valence-corrected chi connectivity index (χ3v) is 3.85. The van der Waals surface area contributed by atoms with E-state index in [0.717, 1.165) is 10.6 Å². The molecule has 1 N–H and O–H groups in total.